The number of anilines is 2. The summed E-state index contributed by atoms with van der Waals surface area (Å²) in [5.74, 6) is 0. The molecule has 0 aliphatic carbocycles. The van der Waals surface area contributed by atoms with Crippen LogP contribution < -0.4 is 10.6 Å². The molecule has 1 saturated heterocycles. The van der Waals surface area contributed by atoms with Gasteiger partial charge in [0.05, 0.1) is 11.1 Å². The maximum Gasteiger partial charge on any atom is 0.121 e. The lowest BCUT2D eigenvalue weighted by Crippen LogP contribution is -2.43. The second-order valence-corrected chi connectivity index (χ2v) is 10.1. The van der Waals surface area contributed by atoms with Crippen LogP contribution in [0.2, 0.25) is 0 Å². The van der Waals surface area contributed by atoms with Gasteiger partial charge in [0.15, 0.2) is 0 Å². The molecule has 5 rings (SSSR count). The molecule has 2 atom stereocenters. The molecule has 2 N–H and O–H groups in total. The third kappa shape index (κ3) is 2.68. The van der Waals surface area contributed by atoms with Crippen LogP contribution in [0.1, 0.15) is 63.8 Å². The summed E-state index contributed by atoms with van der Waals surface area (Å²) in [7, 11) is 0. The Balaban J connectivity index is 1.45. The molecular formula is C25H30N2O. The summed E-state index contributed by atoms with van der Waals surface area (Å²) in [5, 5.41) is 7.28. The maximum atomic E-state index is 6.14. The summed E-state index contributed by atoms with van der Waals surface area (Å²) >= 11 is 0. The van der Waals surface area contributed by atoms with Gasteiger partial charge in [0.25, 0.3) is 0 Å². The van der Waals surface area contributed by atoms with Gasteiger partial charge in [0.1, 0.15) is 11.7 Å². The van der Waals surface area contributed by atoms with Gasteiger partial charge >= 0.3 is 0 Å². The van der Waals surface area contributed by atoms with Crippen molar-refractivity contribution < 1.29 is 4.74 Å². The molecule has 3 nitrogen and oxygen atoms in total. The molecule has 0 spiro atoms. The molecule has 146 valence electrons. The first-order valence-corrected chi connectivity index (χ1v) is 10.3. The Morgan fingerprint density at radius 3 is 2.32 bits per heavy atom. The number of rotatable bonds is 2. The highest BCUT2D eigenvalue weighted by molar-refractivity contribution is 5.80. The van der Waals surface area contributed by atoms with Gasteiger partial charge < -0.3 is 15.4 Å². The Bertz CT molecular complexity index is 1020. The van der Waals surface area contributed by atoms with Gasteiger partial charge in [-0.1, -0.05) is 24.3 Å². The van der Waals surface area contributed by atoms with E-state index in [0.29, 0.717) is 0 Å². The molecule has 0 amide bonds. The van der Waals surface area contributed by atoms with Crippen LogP contribution in [0.5, 0.6) is 0 Å². The van der Waals surface area contributed by atoms with Crippen LogP contribution in [0.25, 0.3) is 5.57 Å². The molecule has 0 aromatic heterocycles. The van der Waals surface area contributed by atoms with E-state index in [2.05, 4.69) is 94.7 Å². The molecule has 2 aromatic carbocycles. The summed E-state index contributed by atoms with van der Waals surface area (Å²) in [6.07, 6.45) is 3.49. The topological polar surface area (TPSA) is 36.6 Å². The fourth-order valence-electron chi connectivity index (χ4n) is 5.26. The zero-order valence-electron chi connectivity index (χ0n) is 17.7. The fraction of sp³-hybridized carbons (Fsp3) is 0.440. The van der Waals surface area contributed by atoms with E-state index >= 15 is 0 Å². The van der Waals surface area contributed by atoms with Crippen LogP contribution in [0.4, 0.5) is 11.4 Å². The van der Waals surface area contributed by atoms with E-state index in [1.165, 1.54) is 39.2 Å². The molecule has 3 aliphatic rings. The van der Waals surface area contributed by atoms with Gasteiger partial charge in [-0.3, -0.25) is 0 Å². The van der Waals surface area contributed by atoms with Crippen molar-refractivity contribution in [2.45, 2.75) is 70.7 Å². The van der Waals surface area contributed by atoms with Crippen LogP contribution in [-0.4, -0.2) is 17.2 Å². The van der Waals surface area contributed by atoms with Crippen molar-refractivity contribution in [3.05, 3.63) is 64.7 Å². The van der Waals surface area contributed by atoms with E-state index in [9.17, 15) is 0 Å². The van der Waals surface area contributed by atoms with Crippen molar-refractivity contribution in [1.29, 1.82) is 0 Å². The van der Waals surface area contributed by atoms with Crippen LogP contribution in [0.3, 0.4) is 0 Å². The van der Waals surface area contributed by atoms with Crippen molar-refractivity contribution in [3.63, 3.8) is 0 Å². The second-order valence-electron chi connectivity index (χ2n) is 10.1. The van der Waals surface area contributed by atoms with Gasteiger partial charge in [-0.2, -0.15) is 0 Å². The van der Waals surface area contributed by atoms with Gasteiger partial charge in [0.2, 0.25) is 0 Å². The van der Waals surface area contributed by atoms with Crippen molar-refractivity contribution in [1.82, 2.24) is 0 Å². The maximum absolute atomic E-state index is 6.14. The fourth-order valence-corrected chi connectivity index (χ4v) is 5.26. The third-order valence-corrected chi connectivity index (χ3v) is 6.49. The number of benzene rings is 2. The Morgan fingerprint density at radius 2 is 1.57 bits per heavy atom. The lowest BCUT2D eigenvalue weighted by atomic mass is 9.81. The molecule has 3 aliphatic heterocycles. The SMILES string of the molecule is CC1=CC(C)(C)Nc2ccc(Cc3ccc4c(c3)[C@@]3(C)O[C@H]3C(C)(C)N4)cc21. The van der Waals surface area contributed by atoms with Crippen LogP contribution in [0.15, 0.2) is 42.5 Å². The zero-order chi connectivity index (χ0) is 19.9. The molecule has 0 unspecified atom stereocenters. The largest absolute Gasteiger partial charge is 0.377 e. The Labute approximate surface area is 168 Å². The number of hydrogen-bond acceptors (Lipinski definition) is 3. The standard InChI is InChI=1S/C25H30N2O/c1-15-14-23(2,3)26-20-9-7-16(12-18(15)20)11-17-8-10-21-19(13-17)25(6)22(28-25)24(4,5)27-21/h7-10,12-14,22,26-27H,11H2,1-6H3/t22-,25+/m0/s1. The highest BCUT2D eigenvalue weighted by atomic mass is 16.6. The molecule has 0 bridgehead atoms. The lowest BCUT2D eigenvalue weighted by molar-refractivity contribution is 0.295. The predicted molar refractivity (Wildman–Crippen MR) is 117 cm³/mol. The van der Waals surface area contributed by atoms with Crippen molar-refractivity contribution >= 4 is 16.9 Å². The predicted octanol–water partition coefficient (Wildman–Crippen LogP) is 5.70. The van der Waals surface area contributed by atoms with Gasteiger partial charge in [-0.25, -0.2) is 0 Å². The van der Waals surface area contributed by atoms with E-state index in [1.54, 1.807) is 0 Å². The summed E-state index contributed by atoms with van der Waals surface area (Å²) in [6, 6.07) is 13.6. The smallest absolute Gasteiger partial charge is 0.121 e. The second kappa shape index (κ2) is 5.42. The number of fused-ring (bicyclic) bond motifs is 4. The van der Waals surface area contributed by atoms with E-state index < -0.39 is 0 Å². The van der Waals surface area contributed by atoms with E-state index in [1.807, 2.05) is 0 Å². The zero-order valence-corrected chi connectivity index (χ0v) is 17.7. The summed E-state index contributed by atoms with van der Waals surface area (Å²) in [4.78, 5) is 0. The normalized spacial score (nSPS) is 28.1. The number of nitrogens with one attached hydrogen (secondary N) is 2. The molecule has 3 heterocycles. The number of ether oxygens (including phenoxy) is 1. The Kier molecular flexibility index (Phi) is 3.45. The Morgan fingerprint density at radius 1 is 0.893 bits per heavy atom. The molecule has 2 aromatic rings. The minimum Gasteiger partial charge on any atom is -0.377 e. The number of hydrogen-bond donors (Lipinski definition) is 2. The van der Waals surface area contributed by atoms with E-state index in [4.69, 9.17) is 4.74 Å². The molecular weight excluding hydrogens is 344 g/mol. The van der Waals surface area contributed by atoms with Gasteiger partial charge in [-0.15, -0.1) is 0 Å². The lowest BCUT2D eigenvalue weighted by Gasteiger charge is -2.33. The molecule has 0 saturated carbocycles. The van der Waals surface area contributed by atoms with E-state index in [0.717, 1.165) is 6.42 Å². The number of allylic oxidation sites excluding steroid dienone is 1. The van der Waals surface area contributed by atoms with Crippen molar-refractivity contribution in [2.75, 3.05) is 10.6 Å². The molecule has 0 radical (unpaired) electrons. The third-order valence-electron chi connectivity index (χ3n) is 6.49. The van der Waals surface area contributed by atoms with Crippen LogP contribution in [0, 0.1) is 0 Å². The van der Waals surface area contributed by atoms with Crippen LogP contribution >= 0.6 is 0 Å². The van der Waals surface area contributed by atoms with Gasteiger partial charge in [0, 0.05) is 22.5 Å². The highest BCUT2D eigenvalue weighted by Crippen LogP contribution is 2.57. The first-order chi connectivity index (χ1) is 13.1. The average molecular weight is 375 g/mol. The minimum absolute atomic E-state index is 0.00805. The highest BCUT2D eigenvalue weighted by Gasteiger charge is 2.64. The van der Waals surface area contributed by atoms with Crippen LogP contribution in [-0.2, 0) is 16.8 Å². The summed E-state index contributed by atoms with van der Waals surface area (Å²) < 4.78 is 6.14. The van der Waals surface area contributed by atoms with Crippen molar-refractivity contribution in [2.24, 2.45) is 0 Å². The first-order valence-electron chi connectivity index (χ1n) is 10.3. The summed E-state index contributed by atoms with van der Waals surface area (Å²) in [6.45, 7) is 13.3. The molecule has 28 heavy (non-hydrogen) atoms. The molecule has 3 heteroatoms. The quantitative estimate of drug-likeness (QED) is 0.662. The summed E-state index contributed by atoms with van der Waals surface area (Å²) in [5.41, 5.74) is 8.91. The minimum atomic E-state index is -0.148. The van der Waals surface area contributed by atoms with Gasteiger partial charge in [-0.05, 0) is 82.9 Å². The monoisotopic (exact) mass is 374 g/mol. The van der Waals surface area contributed by atoms with Crippen molar-refractivity contribution in [3.8, 4) is 0 Å². The Hall–Kier alpha value is -2.26. The van der Waals surface area contributed by atoms with E-state index in [-0.39, 0.29) is 22.8 Å². The molecule has 1 fully saturated rings. The average Bonchev–Trinajstić information content (AvgIpc) is 3.30. The first kappa shape index (κ1) is 17.8. The number of epoxide rings is 1.